The van der Waals surface area contributed by atoms with E-state index < -0.39 is 0 Å². The number of nitrogens with one attached hydrogen (secondary N) is 1. The summed E-state index contributed by atoms with van der Waals surface area (Å²) in [6.45, 7) is 2.96. The lowest BCUT2D eigenvalue weighted by atomic mass is 9.88. The van der Waals surface area contributed by atoms with Gasteiger partial charge >= 0.3 is 0 Å². The summed E-state index contributed by atoms with van der Waals surface area (Å²) in [6, 6.07) is 16.6. The molecule has 0 saturated heterocycles. The highest BCUT2D eigenvalue weighted by Crippen LogP contribution is 2.30. The molecule has 1 atom stereocenters. The van der Waals surface area contributed by atoms with Gasteiger partial charge < -0.3 is 20.5 Å². The van der Waals surface area contributed by atoms with Gasteiger partial charge in [0.2, 0.25) is 0 Å². The minimum atomic E-state index is 0.0531. The van der Waals surface area contributed by atoms with Crippen LogP contribution in [-0.4, -0.2) is 26.9 Å². The minimum absolute atomic E-state index is 0.0531. The van der Waals surface area contributed by atoms with Crippen LogP contribution in [0.15, 0.2) is 48.5 Å². The summed E-state index contributed by atoms with van der Waals surface area (Å²) >= 11 is 0. The Balaban J connectivity index is 2.18. The van der Waals surface area contributed by atoms with Crippen molar-refractivity contribution in [2.24, 2.45) is 5.73 Å². The molecular weight excluding hydrogens is 300 g/mol. The van der Waals surface area contributed by atoms with Gasteiger partial charge in [0.15, 0.2) is 0 Å². The maximum atomic E-state index is 5.97. The topological polar surface area (TPSA) is 56.5 Å². The molecule has 2 aromatic rings. The zero-order chi connectivity index (χ0) is 17.4. The summed E-state index contributed by atoms with van der Waals surface area (Å²) in [6.07, 6.45) is 1.96. The summed E-state index contributed by atoms with van der Waals surface area (Å²) in [5, 5.41) is 3.38. The van der Waals surface area contributed by atoms with Crippen LogP contribution in [-0.2, 0) is 0 Å². The van der Waals surface area contributed by atoms with E-state index in [9.17, 15) is 0 Å². The SMILES string of the molecule is CCC(N)NCCC(c1ccc(OC)cc1)c1ccc(OC)cc1. The summed E-state index contributed by atoms with van der Waals surface area (Å²) in [5.74, 6) is 2.05. The average molecular weight is 328 g/mol. The summed E-state index contributed by atoms with van der Waals surface area (Å²) in [5.41, 5.74) is 8.51. The van der Waals surface area contributed by atoms with Crippen molar-refractivity contribution in [3.8, 4) is 11.5 Å². The monoisotopic (exact) mass is 328 g/mol. The Morgan fingerprint density at radius 1 is 0.875 bits per heavy atom. The van der Waals surface area contributed by atoms with Crippen LogP contribution in [0, 0.1) is 0 Å². The predicted octanol–water partition coefficient (Wildman–Crippen LogP) is 3.51. The molecule has 0 aromatic heterocycles. The van der Waals surface area contributed by atoms with Crippen LogP contribution >= 0.6 is 0 Å². The van der Waals surface area contributed by atoms with Crippen molar-refractivity contribution in [3.05, 3.63) is 59.7 Å². The van der Waals surface area contributed by atoms with Crippen LogP contribution in [0.3, 0.4) is 0 Å². The molecular formula is C20H28N2O2. The number of hydrogen-bond donors (Lipinski definition) is 2. The first-order valence-electron chi connectivity index (χ1n) is 8.44. The second-order valence-electron chi connectivity index (χ2n) is 5.86. The molecule has 3 N–H and O–H groups in total. The third-order valence-corrected chi connectivity index (χ3v) is 4.32. The zero-order valence-electron chi connectivity index (χ0n) is 14.8. The summed E-state index contributed by atoms with van der Waals surface area (Å²) < 4.78 is 10.5. The number of benzene rings is 2. The molecule has 4 heteroatoms. The van der Waals surface area contributed by atoms with Crippen molar-refractivity contribution in [2.45, 2.75) is 31.8 Å². The highest BCUT2D eigenvalue weighted by molar-refractivity contribution is 5.38. The third-order valence-electron chi connectivity index (χ3n) is 4.32. The Kier molecular flexibility index (Phi) is 7.09. The molecule has 24 heavy (non-hydrogen) atoms. The lowest BCUT2D eigenvalue weighted by Crippen LogP contribution is -2.37. The van der Waals surface area contributed by atoms with Gasteiger partial charge in [-0.1, -0.05) is 31.2 Å². The molecule has 0 aliphatic heterocycles. The lowest BCUT2D eigenvalue weighted by Gasteiger charge is -2.20. The molecule has 0 aliphatic rings. The number of methoxy groups -OCH3 is 2. The molecule has 4 nitrogen and oxygen atoms in total. The number of rotatable bonds is 9. The zero-order valence-corrected chi connectivity index (χ0v) is 14.8. The molecule has 0 spiro atoms. The summed E-state index contributed by atoms with van der Waals surface area (Å²) in [7, 11) is 3.37. The normalized spacial score (nSPS) is 12.2. The molecule has 2 rings (SSSR count). The van der Waals surface area contributed by atoms with Crippen LogP contribution in [0.5, 0.6) is 11.5 Å². The third kappa shape index (κ3) is 4.98. The molecule has 0 amide bonds. The van der Waals surface area contributed by atoms with Crippen LogP contribution in [0.1, 0.15) is 36.8 Å². The van der Waals surface area contributed by atoms with Gasteiger partial charge in [-0.05, 0) is 54.8 Å². The van der Waals surface area contributed by atoms with E-state index >= 15 is 0 Å². The van der Waals surface area contributed by atoms with E-state index in [0.29, 0.717) is 5.92 Å². The Morgan fingerprint density at radius 3 is 1.71 bits per heavy atom. The van der Waals surface area contributed by atoms with Gasteiger partial charge in [0.1, 0.15) is 11.5 Å². The van der Waals surface area contributed by atoms with E-state index in [4.69, 9.17) is 15.2 Å². The van der Waals surface area contributed by atoms with Crippen LogP contribution in [0.4, 0.5) is 0 Å². The second-order valence-corrected chi connectivity index (χ2v) is 5.86. The van der Waals surface area contributed by atoms with Gasteiger partial charge in [0.25, 0.3) is 0 Å². The lowest BCUT2D eigenvalue weighted by molar-refractivity contribution is 0.414. The van der Waals surface area contributed by atoms with Crippen molar-refractivity contribution in [2.75, 3.05) is 20.8 Å². The van der Waals surface area contributed by atoms with E-state index in [1.807, 2.05) is 24.3 Å². The Labute approximate surface area is 145 Å². The first-order valence-corrected chi connectivity index (χ1v) is 8.44. The molecule has 130 valence electrons. The molecule has 0 aliphatic carbocycles. The molecule has 0 bridgehead atoms. The number of nitrogens with two attached hydrogens (primary N) is 1. The molecule has 2 aromatic carbocycles. The molecule has 0 saturated carbocycles. The Bertz CT molecular complexity index is 549. The van der Waals surface area contributed by atoms with E-state index in [2.05, 4.69) is 36.5 Å². The second kappa shape index (κ2) is 9.30. The maximum Gasteiger partial charge on any atom is 0.118 e. The van der Waals surface area contributed by atoms with Crippen LogP contribution in [0.25, 0.3) is 0 Å². The highest BCUT2D eigenvalue weighted by atomic mass is 16.5. The fraction of sp³-hybridized carbons (Fsp3) is 0.400. The van der Waals surface area contributed by atoms with Gasteiger partial charge in [-0.3, -0.25) is 0 Å². The van der Waals surface area contributed by atoms with E-state index in [1.165, 1.54) is 11.1 Å². The first-order chi connectivity index (χ1) is 11.7. The quantitative estimate of drug-likeness (QED) is 0.692. The fourth-order valence-electron chi connectivity index (χ4n) is 2.76. The van der Waals surface area contributed by atoms with E-state index in [0.717, 1.165) is 30.9 Å². The van der Waals surface area contributed by atoms with Crippen molar-refractivity contribution in [3.63, 3.8) is 0 Å². The fourth-order valence-corrected chi connectivity index (χ4v) is 2.76. The molecule has 0 radical (unpaired) electrons. The largest absolute Gasteiger partial charge is 0.497 e. The Morgan fingerprint density at radius 2 is 1.33 bits per heavy atom. The van der Waals surface area contributed by atoms with E-state index in [1.54, 1.807) is 14.2 Å². The molecule has 0 heterocycles. The van der Waals surface area contributed by atoms with Gasteiger partial charge in [0, 0.05) is 5.92 Å². The minimum Gasteiger partial charge on any atom is -0.497 e. The van der Waals surface area contributed by atoms with Crippen molar-refractivity contribution < 1.29 is 9.47 Å². The van der Waals surface area contributed by atoms with Crippen LogP contribution < -0.4 is 20.5 Å². The number of hydrogen-bond acceptors (Lipinski definition) is 4. The summed E-state index contributed by atoms with van der Waals surface area (Å²) in [4.78, 5) is 0. The first kappa shape index (κ1) is 18.3. The van der Waals surface area contributed by atoms with Crippen molar-refractivity contribution in [1.29, 1.82) is 0 Å². The smallest absolute Gasteiger partial charge is 0.118 e. The highest BCUT2D eigenvalue weighted by Gasteiger charge is 2.15. The predicted molar refractivity (Wildman–Crippen MR) is 98.7 cm³/mol. The standard InChI is InChI=1S/C20H28N2O2/c1-4-20(21)22-14-13-19(15-5-9-17(23-2)10-6-15)16-7-11-18(24-3)12-8-16/h5-12,19-20,22H,4,13-14,21H2,1-3H3. The molecule has 1 unspecified atom stereocenters. The maximum absolute atomic E-state index is 5.97. The van der Waals surface area contributed by atoms with Crippen molar-refractivity contribution >= 4 is 0 Å². The average Bonchev–Trinajstić information content (AvgIpc) is 2.65. The van der Waals surface area contributed by atoms with Gasteiger partial charge in [-0.15, -0.1) is 0 Å². The van der Waals surface area contributed by atoms with Gasteiger partial charge in [-0.2, -0.15) is 0 Å². The number of ether oxygens (including phenoxy) is 2. The molecule has 0 fully saturated rings. The van der Waals surface area contributed by atoms with Crippen molar-refractivity contribution in [1.82, 2.24) is 5.32 Å². The van der Waals surface area contributed by atoms with E-state index in [-0.39, 0.29) is 6.17 Å². The van der Waals surface area contributed by atoms with Crippen LogP contribution in [0.2, 0.25) is 0 Å². The van der Waals surface area contributed by atoms with Gasteiger partial charge in [-0.25, -0.2) is 0 Å². The Hall–Kier alpha value is -2.04. The van der Waals surface area contributed by atoms with Gasteiger partial charge in [0.05, 0.1) is 20.4 Å².